The minimum atomic E-state index is -1.38. The van der Waals surface area contributed by atoms with Gasteiger partial charge in [-0.05, 0) is 32.5 Å². The van der Waals surface area contributed by atoms with Crippen molar-refractivity contribution in [3.63, 3.8) is 0 Å². The maximum Gasteiger partial charge on any atom is 0.186 e. The fraction of sp³-hybridized carbons (Fsp3) is 1.00. The zero-order valence-electron chi connectivity index (χ0n) is 9.54. The van der Waals surface area contributed by atoms with Gasteiger partial charge in [-0.2, -0.15) is 0 Å². The van der Waals surface area contributed by atoms with Gasteiger partial charge in [0.15, 0.2) is 8.32 Å². The molecule has 0 spiro atoms. The molecule has 1 heterocycles. The van der Waals surface area contributed by atoms with Crippen LogP contribution in [0.5, 0.6) is 0 Å². The Kier molecular flexibility index (Phi) is 5.09. The summed E-state index contributed by atoms with van der Waals surface area (Å²) in [5, 5.41) is 0. The van der Waals surface area contributed by atoms with Crippen LogP contribution in [0.4, 0.5) is 0 Å². The first-order valence-corrected chi connectivity index (χ1v) is 8.59. The Hall–Kier alpha value is 0.0969. The Bertz CT molecular complexity index is 157. The van der Waals surface area contributed by atoms with Crippen LogP contribution in [0.15, 0.2) is 0 Å². The molecule has 14 heavy (non-hydrogen) atoms. The highest BCUT2D eigenvalue weighted by molar-refractivity contribution is 6.71. The number of hydrogen-bond donors (Lipinski definition) is 0. The summed E-state index contributed by atoms with van der Waals surface area (Å²) in [4.78, 5) is 0. The summed E-state index contributed by atoms with van der Waals surface area (Å²) in [6.45, 7) is 9.95. The van der Waals surface area contributed by atoms with E-state index in [9.17, 15) is 0 Å². The molecule has 84 valence electrons. The molecule has 0 saturated carbocycles. The van der Waals surface area contributed by atoms with Crippen LogP contribution in [0.2, 0.25) is 19.1 Å². The molecule has 0 bridgehead atoms. The third kappa shape index (κ3) is 5.75. The maximum absolute atomic E-state index is 5.73. The van der Waals surface area contributed by atoms with Crippen molar-refractivity contribution in [2.45, 2.75) is 38.6 Å². The highest BCUT2D eigenvalue weighted by atomic mass is 28.4. The van der Waals surface area contributed by atoms with Gasteiger partial charge in [-0.15, -0.1) is 0 Å². The average molecular weight is 218 g/mol. The quantitative estimate of drug-likeness (QED) is 0.355. The van der Waals surface area contributed by atoms with Gasteiger partial charge in [-0.1, -0.05) is 0 Å². The van der Waals surface area contributed by atoms with Gasteiger partial charge in [0.1, 0.15) is 6.10 Å². The van der Waals surface area contributed by atoms with Gasteiger partial charge < -0.3 is 13.9 Å². The molecule has 1 fully saturated rings. The molecule has 0 unspecified atom stereocenters. The standard InChI is InChI=1S/C10H22O3Si/c1-4-13-14(2,3)7-5-6-11-8-10-9-12-10/h10H,4-9H2,1-3H3/t10-/m0/s1. The monoisotopic (exact) mass is 218 g/mol. The van der Waals surface area contributed by atoms with Crippen molar-refractivity contribution in [2.24, 2.45) is 0 Å². The van der Waals surface area contributed by atoms with Crippen molar-refractivity contribution < 1.29 is 13.9 Å². The number of epoxide rings is 1. The van der Waals surface area contributed by atoms with E-state index in [0.29, 0.717) is 6.10 Å². The van der Waals surface area contributed by atoms with Crippen molar-refractivity contribution in [2.75, 3.05) is 26.4 Å². The van der Waals surface area contributed by atoms with Gasteiger partial charge in [-0.3, -0.25) is 0 Å². The summed E-state index contributed by atoms with van der Waals surface area (Å²) in [7, 11) is -1.38. The number of ether oxygens (including phenoxy) is 2. The van der Waals surface area contributed by atoms with Crippen LogP contribution < -0.4 is 0 Å². The molecule has 1 saturated heterocycles. The van der Waals surface area contributed by atoms with E-state index in [1.54, 1.807) is 0 Å². The van der Waals surface area contributed by atoms with Crippen molar-refractivity contribution in [3.8, 4) is 0 Å². The molecular weight excluding hydrogens is 196 g/mol. The van der Waals surface area contributed by atoms with E-state index in [-0.39, 0.29) is 0 Å². The molecule has 0 aliphatic carbocycles. The van der Waals surface area contributed by atoms with Crippen LogP contribution in [0, 0.1) is 0 Å². The molecule has 1 aliphatic rings. The number of rotatable bonds is 8. The molecular formula is C10H22O3Si. The molecule has 1 rings (SSSR count). The predicted octanol–water partition coefficient (Wildman–Crippen LogP) is 2.03. The maximum atomic E-state index is 5.73. The van der Waals surface area contributed by atoms with Crippen LogP contribution >= 0.6 is 0 Å². The van der Waals surface area contributed by atoms with E-state index in [1.165, 1.54) is 6.04 Å². The van der Waals surface area contributed by atoms with E-state index in [0.717, 1.165) is 32.8 Å². The molecule has 3 nitrogen and oxygen atoms in total. The summed E-state index contributed by atoms with van der Waals surface area (Å²) in [5.74, 6) is 0. The van der Waals surface area contributed by atoms with Crippen molar-refractivity contribution in [3.05, 3.63) is 0 Å². The highest BCUT2D eigenvalue weighted by Crippen LogP contribution is 2.14. The molecule has 0 aromatic heterocycles. The van der Waals surface area contributed by atoms with Crippen LogP contribution in [-0.4, -0.2) is 40.8 Å². The summed E-state index contributed by atoms with van der Waals surface area (Å²) < 4.78 is 16.3. The molecule has 0 amide bonds. The Morgan fingerprint density at radius 1 is 1.43 bits per heavy atom. The number of hydrogen-bond acceptors (Lipinski definition) is 3. The van der Waals surface area contributed by atoms with Gasteiger partial charge in [0.05, 0.1) is 13.2 Å². The summed E-state index contributed by atoms with van der Waals surface area (Å²) in [6.07, 6.45) is 1.51. The van der Waals surface area contributed by atoms with E-state index < -0.39 is 8.32 Å². The molecule has 0 radical (unpaired) electrons. The summed E-state index contributed by atoms with van der Waals surface area (Å²) in [6, 6.07) is 1.19. The van der Waals surface area contributed by atoms with Crippen molar-refractivity contribution >= 4 is 8.32 Å². The van der Waals surface area contributed by atoms with E-state index in [2.05, 4.69) is 20.0 Å². The minimum Gasteiger partial charge on any atom is -0.418 e. The van der Waals surface area contributed by atoms with Gasteiger partial charge in [0.2, 0.25) is 0 Å². The lowest BCUT2D eigenvalue weighted by Crippen LogP contribution is -2.30. The lowest BCUT2D eigenvalue weighted by atomic mass is 10.5. The Labute approximate surface area is 87.9 Å². The SMILES string of the molecule is CCO[Si](C)(C)CCCOC[C@H]1CO1. The van der Waals surface area contributed by atoms with E-state index >= 15 is 0 Å². The smallest absolute Gasteiger partial charge is 0.186 e. The lowest BCUT2D eigenvalue weighted by molar-refractivity contribution is 0.116. The van der Waals surface area contributed by atoms with E-state index in [1.807, 2.05) is 0 Å². The normalized spacial score (nSPS) is 21.2. The summed E-state index contributed by atoms with van der Waals surface area (Å²) in [5.41, 5.74) is 0. The Morgan fingerprint density at radius 3 is 2.71 bits per heavy atom. The second kappa shape index (κ2) is 5.85. The minimum absolute atomic E-state index is 0.396. The first-order chi connectivity index (χ1) is 6.64. The van der Waals surface area contributed by atoms with Crippen LogP contribution in [-0.2, 0) is 13.9 Å². The van der Waals surface area contributed by atoms with Crippen LogP contribution in [0.1, 0.15) is 13.3 Å². The zero-order chi connectivity index (χ0) is 10.4. The Balaban J connectivity index is 1.90. The fourth-order valence-electron chi connectivity index (χ4n) is 1.44. The second-order valence-corrected chi connectivity index (χ2v) is 8.63. The average Bonchev–Trinajstić information content (AvgIpc) is 2.87. The second-order valence-electron chi connectivity index (χ2n) is 4.33. The van der Waals surface area contributed by atoms with Crippen molar-refractivity contribution in [1.29, 1.82) is 0 Å². The zero-order valence-corrected chi connectivity index (χ0v) is 10.5. The van der Waals surface area contributed by atoms with Gasteiger partial charge in [0.25, 0.3) is 0 Å². The molecule has 0 N–H and O–H groups in total. The topological polar surface area (TPSA) is 31.0 Å². The molecule has 4 heteroatoms. The third-order valence-corrected chi connectivity index (χ3v) is 4.94. The first-order valence-electron chi connectivity index (χ1n) is 5.47. The highest BCUT2D eigenvalue weighted by Gasteiger charge is 2.23. The molecule has 0 aromatic rings. The lowest BCUT2D eigenvalue weighted by Gasteiger charge is -2.21. The predicted molar refractivity (Wildman–Crippen MR) is 59.1 cm³/mol. The third-order valence-electron chi connectivity index (χ3n) is 2.31. The largest absolute Gasteiger partial charge is 0.418 e. The van der Waals surface area contributed by atoms with E-state index in [4.69, 9.17) is 13.9 Å². The molecule has 1 aliphatic heterocycles. The van der Waals surface area contributed by atoms with Crippen molar-refractivity contribution in [1.82, 2.24) is 0 Å². The van der Waals surface area contributed by atoms with Gasteiger partial charge in [-0.25, -0.2) is 0 Å². The fourth-order valence-corrected chi connectivity index (χ4v) is 3.36. The van der Waals surface area contributed by atoms with Gasteiger partial charge >= 0.3 is 0 Å². The molecule has 1 atom stereocenters. The Morgan fingerprint density at radius 2 is 2.14 bits per heavy atom. The first kappa shape index (κ1) is 12.2. The van der Waals surface area contributed by atoms with Crippen LogP contribution in [0.25, 0.3) is 0 Å². The van der Waals surface area contributed by atoms with Crippen LogP contribution in [0.3, 0.4) is 0 Å². The summed E-state index contributed by atoms with van der Waals surface area (Å²) >= 11 is 0. The van der Waals surface area contributed by atoms with Gasteiger partial charge in [0, 0.05) is 13.2 Å². The molecule has 0 aromatic carbocycles.